The van der Waals surface area contributed by atoms with Crippen LogP contribution in [0.15, 0.2) is 35.4 Å². The van der Waals surface area contributed by atoms with Gasteiger partial charge in [-0.25, -0.2) is 5.43 Å². The van der Waals surface area contributed by atoms with Crippen LogP contribution in [0, 0.1) is 10.1 Å². The number of nitrogens with zero attached hydrogens (tertiary/aromatic N) is 2. The molecule has 10 heteroatoms. The molecule has 142 valence electrons. The van der Waals surface area contributed by atoms with Gasteiger partial charge in [-0.3, -0.25) is 14.9 Å². The van der Waals surface area contributed by atoms with Crippen molar-refractivity contribution in [3.05, 3.63) is 56.6 Å². The third-order valence-corrected chi connectivity index (χ3v) is 3.87. The van der Waals surface area contributed by atoms with E-state index < -0.39 is 22.3 Å². The minimum Gasteiger partial charge on any atom is -0.500 e. The Balaban J connectivity index is 2.10. The van der Waals surface area contributed by atoms with Crippen LogP contribution < -0.4 is 14.9 Å². The van der Waals surface area contributed by atoms with Crippen LogP contribution in [-0.4, -0.2) is 36.4 Å². The quantitative estimate of drug-likeness (QED) is 0.423. The maximum absolute atomic E-state index is 12.0. The number of hydrazone groups is 1. The van der Waals surface area contributed by atoms with Crippen molar-refractivity contribution in [1.82, 2.24) is 5.43 Å². The number of halogens is 1. The number of hydrogen-bond donors (Lipinski definition) is 2. The molecule has 0 aliphatic heterocycles. The lowest BCUT2D eigenvalue weighted by atomic mass is 10.1. The average Bonchev–Trinajstić information content (AvgIpc) is 2.64. The second kappa shape index (κ2) is 8.86. The molecule has 2 rings (SSSR count). The molecule has 9 nitrogen and oxygen atoms in total. The van der Waals surface area contributed by atoms with Crippen molar-refractivity contribution in [3.63, 3.8) is 0 Å². The fourth-order valence-electron chi connectivity index (χ4n) is 2.19. The van der Waals surface area contributed by atoms with E-state index in [1.165, 1.54) is 26.5 Å². The zero-order valence-corrected chi connectivity index (χ0v) is 15.2. The van der Waals surface area contributed by atoms with Gasteiger partial charge in [0, 0.05) is 16.7 Å². The van der Waals surface area contributed by atoms with Crippen LogP contribution in [-0.2, 0) is 11.2 Å². The molecule has 0 atom stereocenters. The number of aromatic hydroxyl groups is 1. The number of amides is 1. The highest BCUT2D eigenvalue weighted by Gasteiger charge is 2.19. The first-order chi connectivity index (χ1) is 12.8. The molecule has 0 aromatic heterocycles. The van der Waals surface area contributed by atoms with Crippen molar-refractivity contribution in [2.45, 2.75) is 6.42 Å². The van der Waals surface area contributed by atoms with E-state index in [0.29, 0.717) is 16.3 Å². The maximum atomic E-state index is 12.0. The number of methoxy groups -OCH3 is 2. The van der Waals surface area contributed by atoms with Gasteiger partial charge in [-0.15, -0.1) is 0 Å². The van der Waals surface area contributed by atoms with Gasteiger partial charge in [0.25, 0.3) is 0 Å². The highest BCUT2D eigenvalue weighted by atomic mass is 35.5. The largest absolute Gasteiger partial charge is 0.500 e. The predicted octanol–water partition coefficient (Wildman–Crippen LogP) is 2.66. The van der Waals surface area contributed by atoms with Crippen molar-refractivity contribution in [1.29, 1.82) is 0 Å². The van der Waals surface area contributed by atoms with Crippen LogP contribution in [0.5, 0.6) is 17.2 Å². The van der Waals surface area contributed by atoms with Gasteiger partial charge in [0.05, 0.1) is 31.8 Å². The van der Waals surface area contributed by atoms with Gasteiger partial charge in [0.2, 0.25) is 11.7 Å². The highest BCUT2D eigenvalue weighted by molar-refractivity contribution is 6.31. The van der Waals surface area contributed by atoms with Crippen molar-refractivity contribution >= 4 is 29.4 Å². The molecule has 0 unspecified atom stereocenters. The molecular formula is C17H16ClN3O6. The number of carbonyl (C=O) groups excluding carboxylic acids is 1. The number of phenols is 1. The fraction of sp³-hybridized carbons (Fsp3) is 0.176. The topological polar surface area (TPSA) is 123 Å². The molecule has 2 N–H and O–H groups in total. The molecule has 0 saturated heterocycles. The average molecular weight is 394 g/mol. The lowest BCUT2D eigenvalue weighted by Crippen LogP contribution is -2.20. The molecule has 0 heterocycles. The van der Waals surface area contributed by atoms with E-state index in [2.05, 4.69) is 10.5 Å². The maximum Gasteiger partial charge on any atom is 0.315 e. The molecule has 0 saturated carbocycles. The Kier molecular flexibility index (Phi) is 6.56. The van der Waals surface area contributed by atoms with E-state index in [0.717, 1.165) is 6.07 Å². The molecule has 0 bridgehead atoms. The van der Waals surface area contributed by atoms with Gasteiger partial charge in [0.15, 0.2) is 5.75 Å². The van der Waals surface area contributed by atoms with E-state index in [1.807, 2.05) is 0 Å². The number of benzene rings is 2. The number of rotatable bonds is 7. The Morgan fingerprint density at radius 2 is 2.07 bits per heavy atom. The van der Waals surface area contributed by atoms with Crippen LogP contribution in [0.25, 0.3) is 0 Å². The number of nitro groups is 1. The van der Waals surface area contributed by atoms with Crippen LogP contribution in [0.3, 0.4) is 0 Å². The normalized spacial score (nSPS) is 10.6. The van der Waals surface area contributed by atoms with Crippen molar-refractivity contribution in [2.75, 3.05) is 14.2 Å². The summed E-state index contributed by atoms with van der Waals surface area (Å²) < 4.78 is 9.97. The molecule has 0 aliphatic rings. The Morgan fingerprint density at radius 3 is 2.70 bits per heavy atom. The van der Waals surface area contributed by atoms with E-state index in [1.54, 1.807) is 18.2 Å². The third kappa shape index (κ3) is 5.08. The minimum absolute atomic E-state index is 0.0353. The Labute approximate surface area is 159 Å². The second-order valence-electron chi connectivity index (χ2n) is 5.28. The first-order valence-corrected chi connectivity index (χ1v) is 7.93. The van der Waals surface area contributed by atoms with E-state index in [-0.39, 0.29) is 17.7 Å². The fourth-order valence-corrected chi connectivity index (χ4v) is 2.37. The number of hydrogen-bond acceptors (Lipinski definition) is 7. The highest BCUT2D eigenvalue weighted by Crippen LogP contribution is 2.36. The van der Waals surface area contributed by atoms with E-state index in [9.17, 15) is 20.0 Å². The smallest absolute Gasteiger partial charge is 0.315 e. The number of phenolic OH excluding ortho intramolecular Hbond substituents is 1. The van der Waals surface area contributed by atoms with Gasteiger partial charge in [-0.05, 0) is 29.8 Å². The van der Waals surface area contributed by atoms with Gasteiger partial charge in [-0.1, -0.05) is 11.6 Å². The van der Waals surface area contributed by atoms with Crippen LogP contribution in [0.4, 0.5) is 5.69 Å². The lowest BCUT2D eigenvalue weighted by Gasteiger charge is -2.06. The summed E-state index contributed by atoms with van der Waals surface area (Å²) in [6, 6.07) is 7.38. The zero-order valence-electron chi connectivity index (χ0n) is 14.4. The molecule has 0 fully saturated rings. The Morgan fingerprint density at radius 1 is 1.33 bits per heavy atom. The number of carbonyl (C=O) groups is 1. The summed E-state index contributed by atoms with van der Waals surface area (Å²) in [6.45, 7) is 0. The van der Waals surface area contributed by atoms with Crippen LogP contribution >= 0.6 is 11.6 Å². The van der Waals surface area contributed by atoms with Gasteiger partial charge < -0.3 is 14.6 Å². The summed E-state index contributed by atoms with van der Waals surface area (Å²) in [4.78, 5) is 22.2. The Bertz CT molecular complexity index is 900. The second-order valence-corrected chi connectivity index (χ2v) is 5.68. The summed E-state index contributed by atoms with van der Waals surface area (Å²) in [7, 11) is 2.77. The molecule has 0 aliphatic carbocycles. The van der Waals surface area contributed by atoms with Gasteiger partial charge >= 0.3 is 5.69 Å². The number of ether oxygens (including phenoxy) is 2. The molecular weight excluding hydrogens is 378 g/mol. The van der Waals surface area contributed by atoms with Crippen molar-refractivity contribution < 1.29 is 24.3 Å². The number of nitro benzene ring substituents is 1. The lowest BCUT2D eigenvalue weighted by molar-refractivity contribution is -0.386. The van der Waals surface area contributed by atoms with Crippen molar-refractivity contribution in [3.8, 4) is 17.2 Å². The SMILES string of the molecule is COc1ccc(Cl)c(CC(=O)N/N=C/c2cc(OC)c(O)c([N+](=O)[O-])c2)c1. The van der Waals surface area contributed by atoms with E-state index in [4.69, 9.17) is 21.1 Å². The Hall–Kier alpha value is -3.33. The number of nitrogens with one attached hydrogen (secondary N) is 1. The third-order valence-electron chi connectivity index (χ3n) is 3.50. The molecule has 2 aromatic rings. The summed E-state index contributed by atoms with van der Waals surface area (Å²) in [5.41, 5.74) is 2.59. The van der Waals surface area contributed by atoms with Gasteiger partial charge in [0.1, 0.15) is 5.75 Å². The standard InChI is InChI=1S/C17H16ClN3O6/c1-26-12-3-4-13(18)11(7-12)8-16(22)20-19-9-10-5-14(21(24)25)17(23)15(6-10)27-2/h3-7,9,23H,8H2,1-2H3,(H,20,22)/b19-9+. The molecule has 0 radical (unpaired) electrons. The summed E-state index contributed by atoms with van der Waals surface area (Å²) in [5, 5.41) is 24.9. The predicted molar refractivity (Wildman–Crippen MR) is 98.8 cm³/mol. The summed E-state index contributed by atoms with van der Waals surface area (Å²) in [5.74, 6) is -0.549. The molecule has 1 amide bonds. The van der Waals surface area contributed by atoms with Crippen LogP contribution in [0.1, 0.15) is 11.1 Å². The van der Waals surface area contributed by atoms with Crippen LogP contribution in [0.2, 0.25) is 5.02 Å². The molecule has 27 heavy (non-hydrogen) atoms. The first kappa shape index (κ1) is 20.0. The summed E-state index contributed by atoms with van der Waals surface area (Å²) >= 11 is 6.05. The first-order valence-electron chi connectivity index (χ1n) is 7.55. The molecule has 2 aromatic carbocycles. The monoisotopic (exact) mass is 393 g/mol. The molecule has 0 spiro atoms. The minimum atomic E-state index is -0.751. The summed E-state index contributed by atoms with van der Waals surface area (Å²) in [6.07, 6.45) is 1.16. The zero-order chi connectivity index (χ0) is 20.0. The van der Waals surface area contributed by atoms with Crippen molar-refractivity contribution in [2.24, 2.45) is 5.10 Å². The van der Waals surface area contributed by atoms with E-state index >= 15 is 0 Å². The van der Waals surface area contributed by atoms with Gasteiger partial charge in [-0.2, -0.15) is 5.10 Å².